The highest BCUT2D eigenvalue weighted by Gasteiger charge is 2.28. The van der Waals surface area contributed by atoms with Crippen LogP contribution in [-0.2, 0) is 30.1 Å². The van der Waals surface area contributed by atoms with E-state index in [0.29, 0.717) is 41.3 Å². The number of ketones is 1. The molecule has 410 valence electrons. The molecule has 0 radical (unpaired) electrons. The van der Waals surface area contributed by atoms with Crippen molar-refractivity contribution < 1.29 is 66.3 Å². The van der Waals surface area contributed by atoms with E-state index in [4.69, 9.17) is 0 Å². The van der Waals surface area contributed by atoms with Crippen molar-refractivity contribution in [1.29, 1.82) is 0 Å². The van der Waals surface area contributed by atoms with Crippen molar-refractivity contribution >= 4 is 93.2 Å². The Balaban J connectivity index is 0.000000178. The highest BCUT2D eigenvalue weighted by atomic mass is 32.2. The summed E-state index contributed by atoms with van der Waals surface area (Å²) in [6, 6.07) is 5.42. The molecule has 8 aromatic rings. The number of H-pyrrole nitrogens is 2. The molecule has 21 nitrogen and oxygen atoms in total. The van der Waals surface area contributed by atoms with Crippen LogP contribution >= 0.6 is 0 Å². The zero-order valence-electron chi connectivity index (χ0n) is 40.9. The molecule has 78 heavy (non-hydrogen) atoms. The van der Waals surface area contributed by atoms with Gasteiger partial charge in [-0.3, -0.25) is 23.8 Å². The number of benzene rings is 3. The second kappa shape index (κ2) is 25.6. The predicted molar refractivity (Wildman–Crippen MR) is 276 cm³/mol. The molecule has 9 rings (SSSR count). The van der Waals surface area contributed by atoms with Crippen LogP contribution in [0.3, 0.4) is 0 Å². The van der Waals surface area contributed by atoms with Crippen LogP contribution in [0, 0.1) is 41.1 Å². The van der Waals surface area contributed by atoms with Gasteiger partial charge >= 0.3 is 0 Å². The molecule has 1 aliphatic heterocycles. The number of anilines is 4. The van der Waals surface area contributed by atoms with E-state index in [1.165, 1.54) is 43.8 Å². The topological polar surface area (TPSA) is 314 Å². The molecule has 30 heteroatoms. The Kier molecular flexibility index (Phi) is 19.3. The summed E-state index contributed by atoms with van der Waals surface area (Å²) in [5.41, 5.74) is -1.76. The molecule has 0 fully saturated rings. The fourth-order valence-corrected chi connectivity index (χ4v) is 10.5. The number of aldehydes is 1. The first-order chi connectivity index (χ1) is 37.1. The summed E-state index contributed by atoms with van der Waals surface area (Å²) in [6.07, 6.45) is 15.2. The summed E-state index contributed by atoms with van der Waals surface area (Å²) >= 11 is 0. The van der Waals surface area contributed by atoms with Crippen LogP contribution in [0.5, 0.6) is 0 Å². The number of sulfonamides is 3. The van der Waals surface area contributed by atoms with Crippen molar-refractivity contribution in [2.24, 2.45) is 0 Å². The monoisotopic (exact) mass is 1140 g/mol. The minimum absolute atomic E-state index is 0.00227. The van der Waals surface area contributed by atoms with E-state index < -0.39 is 111 Å². The Morgan fingerprint density at radius 1 is 0.641 bits per heavy atom. The molecule has 6 heterocycles. The molecule has 0 saturated heterocycles. The Morgan fingerprint density at radius 2 is 1.13 bits per heavy atom. The number of carbonyl (C=O) groups excluding carboxylic acids is 2. The first kappa shape index (κ1) is 58.8. The number of rotatable bonds is 17. The molecule has 3 aromatic carbocycles. The number of fused-ring (bicyclic) bond motifs is 3. The molecule has 0 aliphatic carbocycles. The standard InChI is InChI=1S/C16H16F2N4O3S.C16H14F2N4O3S.C10H11F2NO3S.C6H4N3/c2*1-2-5-26(24,25)22-12-4-3-11(17)13(14(12)18)15(23)9-7-20-16-10(9)6-19-8-21-16;1-2-5-17(15,16)13-9-4-3-8(11)7(6-14)10(9)12;1-2-8-6-5(1)3-7-4-9-6/h3-4,6-8,15,22-23H,2,5H2,1H3,(H,19,20,21);3-4,6-8,22H,2,5H2,1H3,(H,19,20,21);3-4,6,13H,2,5H2,1H3;1,3-4H,(H,7,8,9)/q;;;+1. The summed E-state index contributed by atoms with van der Waals surface area (Å²) in [7, 11) is -11.2. The molecule has 7 N–H and O–H groups in total. The maximum atomic E-state index is 14.8. The van der Waals surface area contributed by atoms with Crippen molar-refractivity contribution in [1.82, 2.24) is 39.9 Å². The Bertz CT molecular complexity index is 3870. The maximum absolute atomic E-state index is 14.8. The van der Waals surface area contributed by atoms with Crippen molar-refractivity contribution in [3.05, 3.63) is 161 Å². The van der Waals surface area contributed by atoms with Gasteiger partial charge in [0.25, 0.3) is 5.82 Å². The first-order valence-corrected chi connectivity index (χ1v) is 27.8. The smallest absolute Gasteiger partial charge is 0.296 e. The van der Waals surface area contributed by atoms with E-state index in [1.54, 1.807) is 27.0 Å². The summed E-state index contributed by atoms with van der Waals surface area (Å²) < 4.78 is 161. The number of nitrogens with zero attached hydrogens (tertiary/aromatic N) is 6. The molecular weight excluding hydrogens is 1100 g/mol. The number of aromatic nitrogens is 8. The van der Waals surface area contributed by atoms with Crippen LogP contribution in [0.15, 0.2) is 86.4 Å². The minimum Gasteiger partial charge on any atom is -0.383 e. The fourth-order valence-electron chi connectivity index (χ4n) is 7.13. The van der Waals surface area contributed by atoms with Gasteiger partial charge in [0, 0.05) is 41.1 Å². The molecule has 5 aromatic heterocycles. The van der Waals surface area contributed by atoms with E-state index in [1.807, 2.05) is 15.5 Å². The van der Waals surface area contributed by atoms with Gasteiger partial charge in [0.2, 0.25) is 35.9 Å². The van der Waals surface area contributed by atoms with Crippen molar-refractivity contribution in [2.75, 3.05) is 36.7 Å². The van der Waals surface area contributed by atoms with Crippen LogP contribution in [0.2, 0.25) is 0 Å². The van der Waals surface area contributed by atoms with Crippen molar-refractivity contribution in [2.45, 2.75) is 46.1 Å². The number of aliphatic hydroxyl groups is 1. The summed E-state index contributed by atoms with van der Waals surface area (Å²) in [6.45, 7) is 4.96. The van der Waals surface area contributed by atoms with Crippen LogP contribution in [0.1, 0.15) is 89.1 Å². The molecule has 1 atom stereocenters. The van der Waals surface area contributed by atoms with Crippen molar-refractivity contribution in [3.63, 3.8) is 0 Å². The minimum atomic E-state index is -3.80. The van der Waals surface area contributed by atoms with Gasteiger partial charge in [-0.2, -0.15) is 5.32 Å². The predicted octanol–water partition coefficient (Wildman–Crippen LogP) is 7.69. The third-order valence-electron chi connectivity index (χ3n) is 10.6. The average Bonchev–Trinajstić information content (AvgIpc) is 4.17. The Morgan fingerprint density at radius 3 is 1.69 bits per heavy atom. The van der Waals surface area contributed by atoms with E-state index >= 15 is 0 Å². The molecule has 0 amide bonds. The van der Waals surface area contributed by atoms with Gasteiger partial charge in [-0.15, -0.1) is 4.98 Å². The van der Waals surface area contributed by atoms with Crippen molar-refractivity contribution in [3.8, 4) is 0 Å². The summed E-state index contributed by atoms with van der Waals surface area (Å²) in [4.78, 5) is 51.9. The van der Waals surface area contributed by atoms with Gasteiger partial charge in [0.15, 0.2) is 29.3 Å². The summed E-state index contributed by atoms with van der Waals surface area (Å²) in [5, 5.41) is 14.1. The lowest BCUT2D eigenvalue weighted by molar-refractivity contribution is 0.103. The van der Waals surface area contributed by atoms with Crippen LogP contribution in [-0.4, -0.2) is 99.6 Å². The Hall–Kier alpha value is -8.44. The van der Waals surface area contributed by atoms with E-state index in [0.717, 1.165) is 47.8 Å². The zero-order chi connectivity index (χ0) is 57.0. The molecule has 0 bridgehead atoms. The van der Waals surface area contributed by atoms with E-state index in [-0.39, 0.29) is 34.7 Å². The Labute approximate surface area is 441 Å². The van der Waals surface area contributed by atoms with Gasteiger partial charge in [0.1, 0.15) is 72.3 Å². The molecule has 0 spiro atoms. The van der Waals surface area contributed by atoms with Gasteiger partial charge < -0.3 is 15.1 Å². The quantitative estimate of drug-likeness (QED) is 0.0199. The highest BCUT2D eigenvalue weighted by molar-refractivity contribution is 7.93. The number of carbonyl (C=O) groups is 2. The number of hydrogen-bond donors (Lipinski definition) is 7. The van der Waals surface area contributed by atoms with E-state index in [9.17, 15) is 66.3 Å². The maximum Gasteiger partial charge on any atom is 0.296 e. The SMILES string of the molecule is CCCS(=O)(=O)Nc1ccc(F)c(C(=O)c2c[nH]c3ncncc23)c1F.CCCS(=O)(=O)Nc1ccc(F)c(C(O)c2c[nH]c3ncncc23)c1F.CCCS(=O)(=O)Nc1ccc(F)c(C=O)c1F.[C+]1=Cc2cncnc2N1. The second-order valence-electron chi connectivity index (χ2n) is 16.3. The van der Waals surface area contributed by atoms with E-state index in [2.05, 4.69) is 56.1 Å². The largest absolute Gasteiger partial charge is 0.383 e. The zero-order valence-corrected chi connectivity index (χ0v) is 43.4. The normalized spacial score (nSPS) is 12.1. The summed E-state index contributed by atoms with van der Waals surface area (Å²) in [5.74, 6) is -7.52. The lowest BCUT2D eigenvalue weighted by atomic mass is 10.0. The number of halogens is 6. The molecule has 1 aliphatic rings. The lowest BCUT2D eigenvalue weighted by Crippen LogP contribution is -2.18. The third-order valence-corrected chi connectivity index (χ3v) is 15.0. The number of aromatic amines is 2. The first-order valence-electron chi connectivity index (χ1n) is 22.9. The molecule has 1 unspecified atom stereocenters. The number of nitrogens with one attached hydrogen (secondary N) is 6. The fraction of sp³-hybridized carbons (Fsp3) is 0.208. The van der Waals surface area contributed by atoms with Gasteiger partial charge in [-0.25, -0.2) is 76.5 Å². The molecular formula is C48H45F6N12O9S3+. The lowest BCUT2D eigenvalue weighted by Gasteiger charge is -2.16. The van der Waals surface area contributed by atoms with Crippen LogP contribution < -0.4 is 19.5 Å². The van der Waals surface area contributed by atoms with Gasteiger partial charge in [0.05, 0.1) is 56.6 Å². The number of aliphatic hydroxyl groups excluding tert-OH is 1. The third kappa shape index (κ3) is 14.3. The average molecular weight is 1140 g/mol. The van der Waals surface area contributed by atoms with Gasteiger partial charge in [-0.05, 0) is 55.7 Å². The van der Waals surface area contributed by atoms with Crippen LogP contribution in [0.4, 0.5) is 49.2 Å². The second-order valence-corrected chi connectivity index (χ2v) is 21.8. The highest BCUT2D eigenvalue weighted by Crippen LogP contribution is 2.34. The van der Waals surface area contributed by atoms with Gasteiger partial charge in [-0.1, -0.05) is 20.8 Å². The van der Waals surface area contributed by atoms with Crippen LogP contribution in [0.25, 0.3) is 28.1 Å². The number of hydrogen-bond acceptors (Lipinski definition) is 16. The molecule has 0 saturated carbocycles.